The number of aryl methyl sites for hydroxylation is 1. The summed E-state index contributed by atoms with van der Waals surface area (Å²) in [7, 11) is 0. The quantitative estimate of drug-likeness (QED) is 0.575. The molecule has 0 unspecified atom stereocenters. The first kappa shape index (κ1) is 16.5. The van der Waals surface area contributed by atoms with E-state index in [2.05, 4.69) is 52.3 Å². The molecule has 0 aliphatic rings. The number of carbonyl (C=O) groups excluding carboxylic acids is 1. The summed E-state index contributed by atoms with van der Waals surface area (Å²) < 4.78 is 2.17. The molecule has 0 atom stereocenters. The second kappa shape index (κ2) is 7.45. The van der Waals surface area contributed by atoms with Crippen LogP contribution in [0.2, 0.25) is 0 Å². The van der Waals surface area contributed by atoms with Crippen molar-refractivity contribution in [2.75, 3.05) is 0 Å². The summed E-state index contributed by atoms with van der Waals surface area (Å²) >= 11 is 0. The van der Waals surface area contributed by atoms with Crippen molar-refractivity contribution >= 4 is 23.0 Å². The van der Waals surface area contributed by atoms with Gasteiger partial charge in [-0.3, -0.25) is 4.79 Å². The molecule has 25 heavy (non-hydrogen) atoms. The summed E-state index contributed by atoms with van der Waals surface area (Å²) in [6.45, 7) is 2.83. The van der Waals surface area contributed by atoms with Crippen molar-refractivity contribution in [1.82, 2.24) is 9.99 Å². The number of nitrogens with one attached hydrogen (secondary N) is 1. The molecular weight excluding hydrogens is 312 g/mol. The Labute approximate surface area is 146 Å². The lowest BCUT2D eigenvalue weighted by Crippen LogP contribution is -2.16. The van der Waals surface area contributed by atoms with Gasteiger partial charge in [0.25, 0.3) is 5.91 Å². The SMILES string of the molecule is Cc1ccc(Cn2cc(/C=N\NC(=O)CC#N)c3ccccc32)cc1. The van der Waals surface area contributed by atoms with Gasteiger partial charge >= 0.3 is 0 Å². The van der Waals surface area contributed by atoms with Gasteiger partial charge in [-0.1, -0.05) is 48.0 Å². The first-order valence-corrected chi connectivity index (χ1v) is 7.99. The second-order valence-electron chi connectivity index (χ2n) is 5.84. The lowest BCUT2D eigenvalue weighted by molar-refractivity contribution is -0.120. The minimum atomic E-state index is -0.415. The molecule has 0 aliphatic heterocycles. The zero-order valence-corrected chi connectivity index (χ0v) is 13.9. The highest BCUT2D eigenvalue weighted by atomic mass is 16.2. The van der Waals surface area contributed by atoms with Crippen LogP contribution < -0.4 is 5.43 Å². The fourth-order valence-corrected chi connectivity index (χ4v) is 2.68. The largest absolute Gasteiger partial charge is 0.342 e. The maximum absolute atomic E-state index is 11.3. The van der Waals surface area contributed by atoms with Crippen LogP contribution in [0.15, 0.2) is 59.8 Å². The van der Waals surface area contributed by atoms with Crippen LogP contribution >= 0.6 is 0 Å². The van der Waals surface area contributed by atoms with Gasteiger partial charge in [0, 0.05) is 29.2 Å². The van der Waals surface area contributed by atoms with Crippen molar-refractivity contribution in [2.24, 2.45) is 5.10 Å². The summed E-state index contributed by atoms with van der Waals surface area (Å²) in [5, 5.41) is 13.5. The summed E-state index contributed by atoms with van der Waals surface area (Å²) in [5.41, 5.74) is 6.84. The van der Waals surface area contributed by atoms with Crippen molar-refractivity contribution in [3.8, 4) is 6.07 Å². The lowest BCUT2D eigenvalue weighted by atomic mass is 10.1. The van der Waals surface area contributed by atoms with Crippen LogP contribution in [0.25, 0.3) is 10.9 Å². The van der Waals surface area contributed by atoms with E-state index in [0.717, 1.165) is 23.0 Å². The number of nitriles is 1. The highest BCUT2D eigenvalue weighted by Gasteiger charge is 2.07. The summed E-state index contributed by atoms with van der Waals surface area (Å²) in [4.78, 5) is 11.3. The Balaban J connectivity index is 1.87. The second-order valence-corrected chi connectivity index (χ2v) is 5.84. The van der Waals surface area contributed by atoms with Crippen molar-refractivity contribution in [1.29, 1.82) is 5.26 Å². The average Bonchev–Trinajstić information content (AvgIpc) is 2.95. The molecule has 3 rings (SSSR count). The first-order valence-electron chi connectivity index (χ1n) is 7.99. The molecule has 1 amide bonds. The molecule has 124 valence electrons. The number of carbonyl (C=O) groups is 1. The van der Waals surface area contributed by atoms with Crippen LogP contribution in [-0.2, 0) is 11.3 Å². The van der Waals surface area contributed by atoms with Gasteiger partial charge < -0.3 is 4.57 Å². The number of amides is 1. The molecule has 0 saturated carbocycles. The highest BCUT2D eigenvalue weighted by molar-refractivity contribution is 5.99. The molecular formula is C20H18N4O. The van der Waals surface area contributed by atoms with Gasteiger partial charge in [-0.05, 0) is 18.6 Å². The first-order chi connectivity index (χ1) is 12.2. The predicted molar refractivity (Wildman–Crippen MR) is 98.2 cm³/mol. The molecule has 1 heterocycles. The molecule has 3 aromatic rings. The number of hydrazone groups is 1. The van der Waals surface area contributed by atoms with E-state index < -0.39 is 5.91 Å². The van der Waals surface area contributed by atoms with Crippen LogP contribution in [0.3, 0.4) is 0 Å². The number of aromatic nitrogens is 1. The minimum Gasteiger partial charge on any atom is -0.342 e. The van der Waals surface area contributed by atoms with Crippen LogP contribution in [0, 0.1) is 18.3 Å². The molecule has 1 aromatic heterocycles. The molecule has 0 saturated heterocycles. The topological polar surface area (TPSA) is 70.2 Å². The summed E-state index contributed by atoms with van der Waals surface area (Å²) in [6, 6.07) is 18.3. The van der Waals surface area contributed by atoms with Crippen LogP contribution in [0.4, 0.5) is 0 Å². The number of para-hydroxylation sites is 1. The van der Waals surface area contributed by atoms with Crippen molar-refractivity contribution in [3.63, 3.8) is 0 Å². The molecule has 2 aromatic carbocycles. The third-order valence-electron chi connectivity index (χ3n) is 3.93. The third-order valence-corrected chi connectivity index (χ3v) is 3.93. The van der Waals surface area contributed by atoms with Gasteiger partial charge in [0.2, 0.25) is 0 Å². The van der Waals surface area contributed by atoms with Gasteiger partial charge in [-0.15, -0.1) is 0 Å². The molecule has 0 bridgehead atoms. The number of hydrogen-bond donors (Lipinski definition) is 1. The zero-order valence-electron chi connectivity index (χ0n) is 13.9. The monoisotopic (exact) mass is 330 g/mol. The Hall–Kier alpha value is -3.39. The Morgan fingerprint density at radius 1 is 1.24 bits per heavy atom. The van der Waals surface area contributed by atoms with Crippen molar-refractivity contribution in [3.05, 3.63) is 71.4 Å². The number of nitrogens with zero attached hydrogens (tertiary/aromatic N) is 3. The summed E-state index contributed by atoms with van der Waals surface area (Å²) in [6.07, 6.45) is 3.43. The van der Waals surface area contributed by atoms with Gasteiger partial charge in [0.15, 0.2) is 0 Å². The number of benzene rings is 2. The van der Waals surface area contributed by atoms with E-state index in [0.29, 0.717) is 0 Å². The van der Waals surface area contributed by atoms with Crippen LogP contribution in [0.5, 0.6) is 0 Å². The van der Waals surface area contributed by atoms with E-state index in [4.69, 9.17) is 5.26 Å². The van der Waals surface area contributed by atoms with Gasteiger partial charge in [-0.25, -0.2) is 5.43 Å². The predicted octanol–water partition coefficient (Wildman–Crippen LogP) is 3.36. The standard InChI is InChI=1S/C20H18N4O/c1-15-6-8-16(9-7-15)13-24-14-17(12-22-23-20(25)10-11-21)18-4-2-3-5-19(18)24/h2-9,12,14H,10,13H2,1H3,(H,23,25)/b22-12-. The van der Waals surface area contributed by atoms with E-state index >= 15 is 0 Å². The lowest BCUT2D eigenvalue weighted by Gasteiger charge is -2.06. The smallest absolute Gasteiger partial charge is 0.254 e. The van der Waals surface area contributed by atoms with Crippen LogP contribution in [0.1, 0.15) is 23.1 Å². The highest BCUT2D eigenvalue weighted by Crippen LogP contribution is 2.21. The third kappa shape index (κ3) is 3.93. The molecule has 5 nitrogen and oxygen atoms in total. The fraction of sp³-hybridized carbons (Fsp3) is 0.150. The van der Waals surface area contributed by atoms with E-state index in [1.165, 1.54) is 11.1 Å². The Morgan fingerprint density at radius 3 is 2.76 bits per heavy atom. The number of fused-ring (bicyclic) bond motifs is 1. The minimum absolute atomic E-state index is 0.202. The average molecular weight is 330 g/mol. The maximum atomic E-state index is 11.3. The number of rotatable bonds is 5. The number of hydrogen-bond acceptors (Lipinski definition) is 3. The molecule has 0 fully saturated rings. The Bertz CT molecular complexity index is 962. The van der Waals surface area contributed by atoms with Crippen LogP contribution in [-0.4, -0.2) is 16.7 Å². The molecule has 1 N–H and O–H groups in total. The van der Waals surface area contributed by atoms with Gasteiger partial charge in [0.05, 0.1) is 12.3 Å². The molecule has 0 aliphatic carbocycles. The van der Waals surface area contributed by atoms with Gasteiger partial charge in [-0.2, -0.15) is 10.4 Å². The Morgan fingerprint density at radius 2 is 2.00 bits per heavy atom. The van der Waals surface area contributed by atoms with E-state index in [9.17, 15) is 4.79 Å². The zero-order chi connectivity index (χ0) is 17.6. The van der Waals surface area contributed by atoms with E-state index in [-0.39, 0.29) is 6.42 Å². The molecule has 0 spiro atoms. The molecule has 0 radical (unpaired) electrons. The van der Waals surface area contributed by atoms with E-state index in [1.54, 1.807) is 12.3 Å². The van der Waals surface area contributed by atoms with Gasteiger partial charge in [0.1, 0.15) is 6.42 Å². The van der Waals surface area contributed by atoms with Crippen molar-refractivity contribution < 1.29 is 4.79 Å². The maximum Gasteiger partial charge on any atom is 0.254 e. The fourth-order valence-electron chi connectivity index (χ4n) is 2.68. The van der Waals surface area contributed by atoms with E-state index in [1.807, 2.05) is 24.4 Å². The Kier molecular flexibility index (Phi) is 4.91. The normalized spacial score (nSPS) is 10.9. The summed E-state index contributed by atoms with van der Waals surface area (Å²) in [5.74, 6) is -0.415. The molecule has 5 heteroatoms. The van der Waals surface area contributed by atoms with Crippen molar-refractivity contribution in [2.45, 2.75) is 19.9 Å².